The zero-order chi connectivity index (χ0) is 30.1. The monoisotopic (exact) mass is 666 g/mol. The van der Waals surface area contributed by atoms with Crippen LogP contribution < -0.4 is 0 Å². The van der Waals surface area contributed by atoms with Crippen molar-refractivity contribution < 1.29 is 36.7 Å². The summed E-state index contributed by atoms with van der Waals surface area (Å²) in [6.45, 7) is 5.28. The molecule has 0 aliphatic heterocycles. The Morgan fingerprint density at radius 1 is 0.548 bits per heavy atom. The van der Waals surface area contributed by atoms with Crippen LogP contribution in [0.5, 0.6) is 0 Å². The molecule has 3 aromatic carbocycles. The molecule has 0 spiro atoms. The van der Waals surface area contributed by atoms with Gasteiger partial charge >= 0.3 is 0 Å². The Morgan fingerprint density at radius 3 is 1.45 bits per heavy atom. The predicted molar refractivity (Wildman–Crippen MR) is 167 cm³/mol. The summed E-state index contributed by atoms with van der Waals surface area (Å²) in [6, 6.07) is 26.5. The van der Waals surface area contributed by atoms with Crippen LogP contribution in [0.25, 0.3) is 0 Å². The maximum atomic E-state index is 12.0. The summed E-state index contributed by atoms with van der Waals surface area (Å²) < 4.78 is 51.6. The van der Waals surface area contributed by atoms with E-state index in [1.807, 2.05) is 48.5 Å². The van der Waals surface area contributed by atoms with Crippen LogP contribution in [0.2, 0.25) is 0 Å². The zero-order valence-electron chi connectivity index (χ0n) is 24.1. The molecule has 0 atom stereocenters. The van der Waals surface area contributed by atoms with Gasteiger partial charge in [0.05, 0.1) is 24.7 Å². The molecule has 0 aromatic heterocycles. The molecule has 1 N–H and O–H groups in total. The van der Waals surface area contributed by atoms with Crippen molar-refractivity contribution in [2.45, 2.75) is 43.8 Å². The molecule has 232 valence electrons. The predicted octanol–water partition coefficient (Wildman–Crippen LogP) is 6.16. The number of hydrogen-bond acceptors (Lipinski definition) is 8. The molecular formula is C32H43BrO8S. The van der Waals surface area contributed by atoms with Crippen molar-refractivity contribution in [3.05, 3.63) is 101 Å². The Labute approximate surface area is 259 Å². The highest BCUT2D eigenvalue weighted by Gasteiger charge is 2.14. The lowest BCUT2D eigenvalue weighted by atomic mass is 10.2. The SMILES string of the molecule is O=S(=O)(OCCCOCCCOCc1ccccc1)c1ccc(Br)cc1.OCCCOCCCOCc1ccccc1. The van der Waals surface area contributed by atoms with Crippen LogP contribution in [0.4, 0.5) is 0 Å². The van der Waals surface area contributed by atoms with E-state index in [2.05, 4.69) is 28.1 Å². The summed E-state index contributed by atoms with van der Waals surface area (Å²) in [5, 5.41) is 8.53. The van der Waals surface area contributed by atoms with E-state index in [-0.39, 0.29) is 18.1 Å². The fraction of sp³-hybridized carbons (Fsp3) is 0.438. The van der Waals surface area contributed by atoms with E-state index in [4.69, 9.17) is 28.2 Å². The third-order valence-electron chi connectivity index (χ3n) is 5.60. The molecular weight excluding hydrogens is 624 g/mol. The third-order valence-corrected chi connectivity index (χ3v) is 7.45. The van der Waals surface area contributed by atoms with E-state index in [0.29, 0.717) is 65.7 Å². The Bertz CT molecular complexity index is 1150. The standard InChI is InChI=1S/C19H23BrO5S.C13H20O3/c20-18-8-10-19(11-9-18)26(21,22)25-15-5-13-23-12-4-14-24-16-17-6-2-1-3-7-17;14-8-4-9-15-10-5-11-16-12-13-6-2-1-3-7-13/h1-3,6-11H,4-5,12-16H2;1-3,6-7,14H,4-5,8-12H2. The van der Waals surface area contributed by atoms with Crippen LogP contribution in [0.1, 0.15) is 36.8 Å². The number of ether oxygens (including phenoxy) is 4. The molecule has 0 bridgehead atoms. The highest BCUT2D eigenvalue weighted by molar-refractivity contribution is 9.10. The van der Waals surface area contributed by atoms with Crippen molar-refractivity contribution in [2.24, 2.45) is 0 Å². The molecule has 0 unspecified atom stereocenters. The maximum absolute atomic E-state index is 12.0. The van der Waals surface area contributed by atoms with Gasteiger partial charge < -0.3 is 24.1 Å². The van der Waals surface area contributed by atoms with E-state index in [1.165, 1.54) is 17.7 Å². The van der Waals surface area contributed by atoms with Crippen molar-refractivity contribution in [1.82, 2.24) is 0 Å². The van der Waals surface area contributed by atoms with Crippen LogP contribution in [-0.4, -0.2) is 66.4 Å². The zero-order valence-corrected chi connectivity index (χ0v) is 26.5. The van der Waals surface area contributed by atoms with Crippen LogP contribution >= 0.6 is 15.9 Å². The molecule has 8 nitrogen and oxygen atoms in total. The maximum Gasteiger partial charge on any atom is 0.296 e. The third kappa shape index (κ3) is 17.7. The van der Waals surface area contributed by atoms with Crippen molar-refractivity contribution in [2.75, 3.05) is 52.9 Å². The van der Waals surface area contributed by atoms with E-state index in [9.17, 15) is 8.42 Å². The normalized spacial score (nSPS) is 11.2. The van der Waals surface area contributed by atoms with Gasteiger partial charge in [0, 0.05) is 50.7 Å². The number of halogens is 1. The quantitative estimate of drug-likeness (QED) is 0.107. The van der Waals surface area contributed by atoms with E-state index >= 15 is 0 Å². The lowest BCUT2D eigenvalue weighted by Gasteiger charge is -2.07. The van der Waals surface area contributed by atoms with Gasteiger partial charge in [0.15, 0.2) is 0 Å². The molecule has 42 heavy (non-hydrogen) atoms. The van der Waals surface area contributed by atoms with Gasteiger partial charge in [-0.15, -0.1) is 0 Å². The number of aliphatic hydroxyl groups is 1. The Hall–Kier alpha value is -2.15. The second-order valence-corrected chi connectivity index (χ2v) is 11.7. The Morgan fingerprint density at radius 2 is 0.976 bits per heavy atom. The molecule has 0 aliphatic rings. The highest BCUT2D eigenvalue weighted by atomic mass is 79.9. The van der Waals surface area contributed by atoms with Crippen molar-refractivity contribution >= 4 is 26.0 Å². The highest BCUT2D eigenvalue weighted by Crippen LogP contribution is 2.16. The average molecular weight is 668 g/mol. The molecule has 0 radical (unpaired) electrons. The molecule has 0 amide bonds. The van der Waals surface area contributed by atoms with Gasteiger partial charge in [-0.05, 0) is 61.1 Å². The molecule has 0 aliphatic carbocycles. The topological polar surface area (TPSA) is 101 Å². The van der Waals surface area contributed by atoms with Gasteiger partial charge in [-0.25, -0.2) is 0 Å². The van der Waals surface area contributed by atoms with Gasteiger partial charge in [-0.3, -0.25) is 4.18 Å². The fourth-order valence-corrected chi connectivity index (χ4v) is 4.63. The summed E-state index contributed by atoms with van der Waals surface area (Å²) in [4.78, 5) is 0.150. The minimum atomic E-state index is -3.70. The number of benzene rings is 3. The molecule has 0 heterocycles. The second kappa shape index (κ2) is 23.3. The van der Waals surface area contributed by atoms with Crippen LogP contribution in [0.3, 0.4) is 0 Å². The van der Waals surface area contributed by atoms with Crippen molar-refractivity contribution in [3.63, 3.8) is 0 Å². The van der Waals surface area contributed by atoms with Gasteiger partial charge in [0.1, 0.15) is 0 Å². The average Bonchev–Trinajstić information content (AvgIpc) is 3.01. The van der Waals surface area contributed by atoms with Gasteiger partial charge in [-0.2, -0.15) is 8.42 Å². The summed E-state index contributed by atoms with van der Waals surface area (Å²) >= 11 is 3.27. The smallest absolute Gasteiger partial charge is 0.296 e. The van der Waals surface area contributed by atoms with E-state index in [1.54, 1.807) is 12.1 Å². The first kappa shape index (κ1) is 36.0. The second-order valence-electron chi connectivity index (χ2n) is 9.17. The molecule has 10 heteroatoms. The first-order valence-electron chi connectivity index (χ1n) is 14.2. The van der Waals surface area contributed by atoms with Crippen molar-refractivity contribution in [1.29, 1.82) is 0 Å². The summed E-state index contributed by atoms with van der Waals surface area (Å²) in [5.41, 5.74) is 2.35. The number of rotatable bonds is 21. The molecule has 0 saturated carbocycles. The fourth-order valence-electron chi connectivity index (χ4n) is 3.42. The molecule has 0 saturated heterocycles. The van der Waals surface area contributed by atoms with E-state index in [0.717, 1.165) is 22.9 Å². The van der Waals surface area contributed by atoms with Gasteiger partial charge in [-0.1, -0.05) is 76.6 Å². The number of hydrogen-bond donors (Lipinski definition) is 1. The Kier molecular flexibility index (Phi) is 20.0. The van der Waals surface area contributed by atoms with Crippen LogP contribution in [0.15, 0.2) is 94.3 Å². The lowest BCUT2D eigenvalue weighted by molar-refractivity contribution is 0.0702. The van der Waals surface area contributed by atoms with Crippen LogP contribution in [0, 0.1) is 0 Å². The largest absolute Gasteiger partial charge is 0.396 e. The summed E-state index contributed by atoms with van der Waals surface area (Å²) in [6.07, 6.45) is 2.93. The van der Waals surface area contributed by atoms with Crippen LogP contribution in [-0.2, 0) is 46.5 Å². The first-order valence-corrected chi connectivity index (χ1v) is 16.4. The molecule has 3 aromatic rings. The minimum absolute atomic E-state index is 0.100. The van der Waals surface area contributed by atoms with Gasteiger partial charge in [0.2, 0.25) is 0 Å². The van der Waals surface area contributed by atoms with Gasteiger partial charge in [0.25, 0.3) is 10.1 Å². The molecule has 3 rings (SSSR count). The Balaban J connectivity index is 0.000000330. The number of aliphatic hydroxyl groups excluding tert-OH is 1. The van der Waals surface area contributed by atoms with Crippen molar-refractivity contribution in [3.8, 4) is 0 Å². The summed E-state index contributed by atoms with van der Waals surface area (Å²) in [5.74, 6) is 0. The molecule has 0 fully saturated rings. The first-order chi connectivity index (χ1) is 20.5. The van der Waals surface area contributed by atoms with E-state index < -0.39 is 10.1 Å². The summed E-state index contributed by atoms with van der Waals surface area (Å²) in [7, 11) is -3.70. The lowest BCUT2D eigenvalue weighted by Crippen LogP contribution is -2.10. The minimum Gasteiger partial charge on any atom is -0.396 e.